The fraction of sp³-hybridized carbons (Fsp3) is 0.571. The van der Waals surface area contributed by atoms with E-state index in [2.05, 4.69) is 74.5 Å². The van der Waals surface area contributed by atoms with Crippen LogP contribution in [-0.4, -0.2) is 35.5 Å². The van der Waals surface area contributed by atoms with E-state index in [1.54, 1.807) is 7.11 Å². The molecule has 1 unspecified atom stereocenters. The zero-order valence-electron chi connectivity index (χ0n) is 20.6. The summed E-state index contributed by atoms with van der Waals surface area (Å²) >= 11 is 0. The zero-order chi connectivity index (χ0) is 22.9. The molecular formula is C28H44O3Si. The highest BCUT2D eigenvalue weighted by Gasteiger charge is 2.42. The van der Waals surface area contributed by atoms with Crippen LogP contribution in [0.5, 0.6) is 0 Å². The highest BCUT2D eigenvalue weighted by atomic mass is 28.4. The first-order chi connectivity index (χ1) is 15.7. The molecule has 4 heteroatoms. The van der Waals surface area contributed by atoms with Gasteiger partial charge in [0.2, 0.25) is 0 Å². The fourth-order valence-electron chi connectivity index (χ4n) is 4.00. The van der Waals surface area contributed by atoms with E-state index in [0.29, 0.717) is 12.5 Å². The fourth-order valence-corrected chi connectivity index (χ4v) is 7.18. The molecule has 0 radical (unpaired) electrons. The van der Waals surface area contributed by atoms with E-state index >= 15 is 0 Å². The van der Waals surface area contributed by atoms with Gasteiger partial charge in [-0.05, 0) is 35.6 Å². The van der Waals surface area contributed by atoms with Crippen LogP contribution >= 0.6 is 0 Å². The third kappa shape index (κ3) is 9.19. The van der Waals surface area contributed by atoms with Gasteiger partial charge in [0.25, 0.3) is 0 Å². The summed E-state index contributed by atoms with van der Waals surface area (Å²) in [5.41, 5.74) is 0. The van der Waals surface area contributed by atoms with E-state index < -0.39 is 8.56 Å². The Morgan fingerprint density at radius 2 is 1.16 bits per heavy atom. The van der Waals surface area contributed by atoms with Crippen LogP contribution in [0, 0.1) is 5.92 Å². The summed E-state index contributed by atoms with van der Waals surface area (Å²) in [6, 6.07) is 21.2. The first-order valence-electron chi connectivity index (χ1n) is 12.6. The number of rotatable bonds is 18. The van der Waals surface area contributed by atoms with Gasteiger partial charge in [-0.3, -0.25) is 0 Å². The molecular weight excluding hydrogens is 412 g/mol. The van der Waals surface area contributed by atoms with Gasteiger partial charge in [-0.2, -0.15) is 0 Å². The summed E-state index contributed by atoms with van der Waals surface area (Å²) in [6.07, 6.45) is 11.0. The van der Waals surface area contributed by atoms with Gasteiger partial charge in [0.1, 0.15) is 0 Å². The van der Waals surface area contributed by atoms with Crippen LogP contribution in [-0.2, 0) is 13.6 Å². The second-order valence-corrected chi connectivity index (χ2v) is 11.8. The maximum absolute atomic E-state index is 6.79. The lowest BCUT2D eigenvalue weighted by molar-refractivity contribution is 0.157. The number of ether oxygens (including phenoxy) is 1. The minimum absolute atomic E-state index is 0.566. The number of unbranched alkanes of at least 4 members (excludes halogenated alkanes) is 6. The van der Waals surface area contributed by atoms with E-state index in [9.17, 15) is 0 Å². The molecule has 0 aromatic heterocycles. The molecule has 0 aliphatic carbocycles. The first-order valence-corrected chi connectivity index (χ1v) is 14.4. The normalized spacial score (nSPS) is 12.7. The van der Waals surface area contributed by atoms with Crippen LogP contribution < -0.4 is 10.4 Å². The number of hydrogen-bond acceptors (Lipinski definition) is 3. The number of methoxy groups -OCH3 is 1. The van der Waals surface area contributed by atoms with Crippen molar-refractivity contribution in [2.75, 3.05) is 26.9 Å². The van der Waals surface area contributed by atoms with E-state index in [1.165, 1.54) is 48.9 Å². The molecule has 0 aliphatic rings. The molecule has 0 N–H and O–H groups in total. The number of hydrogen-bond donors (Lipinski definition) is 0. The average molecular weight is 457 g/mol. The molecule has 178 valence electrons. The second-order valence-electron chi connectivity index (χ2n) is 8.84. The molecule has 0 spiro atoms. The average Bonchev–Trinajstić information content (AvgIpc) is 2.84. The van der Waals surface area contributed by atoms with Crippen molar-refractivity contribution in [3.63, 3.8) is 0 Å². The molecule has 0 amide bonds. The van der Waals surface area contributed by atoms with Gasteiger partial charge in [0.05, 0.1) is 0 Å². The third-order valence-corrected chi connectivity index (χ3v) is 9.50. The summed E-state index contributed by atoms with van der Waals surface area (Å²) in [7, 11) is -0.991. The largest absolute Gasteiger partial charge is 0.407 e. The minimum Gasteiger partial charge on any atom is -0.388 e. The van der Waals surface area contributed by atoms with Crippen LogP contribution in [0.2, 0.25) is 0 Å². The van der Waals surface area contributed by atoms with Crippen LogP contribution in [0.3, 0.4) is 0 Å². The van der Waals surface area contributed by atoms with Crippen molar-refractivity contribution in [3.8, 4) is 0 Å². The molecule has 3 nitrogen and oxygen atoms in total. The highest BCUT2D eigenvalue weighted by Crippen LogP contribution is 2.15. The van der Waals surface area contributed by atoms with Gasteiger partial charge in [0, 0.05) is 26.9 Å². The van der Waals surface area contributed by atoms with Crippen molar-refractivity contribution in [2.24, 2.45) is 5.92 Å². The molecule has 2 aromatic carbocycles. The molecule has 0 saturated carbocycles. The van der Waals surface area contributed by atoms with Gasteiger partial charge in [-0.1, -0.05) is 113 Å². The molecule has 0 bridgehead atoms. The van der Waals surface area contributed by atoms with Crippen molar-refractivity contribution in [1.82, 2.24) is 0 Å². The third-order valence-electron chi connectivity index (χ3n) is 6.09. The Morgan fingerprint density at radius 1 is 0.656 bits per heavy atom. The quantitative estimate of drug-likeness (QED) is 0.201. The number of benzene rings is 2. The predicted octanol–water partition coefficient (Wildman–Crippen LogP) is 6.09. The molecule has 1 atom stereocenters. The SMILES string of the molecule is CCCCCCCCCO[Si](OCCC(C)CCOC)(c1ccccc1)c1ccccc1. The van der Waals surface area contributed by atoms with Crippen LogP contribution in [0.4, 0.5) is 0 Å². The molecule has 0 fully saturated rings. The van der Waals surface area contributed by atoms with Gasteiger partial charge >= 0.3 is 8.56 Å². The topological polar surface area (TPSA) is 27.7 Å². The lowest BCUT2D eigenvalue weighted by atomic mass is 10.1. The van der Waals surface area contributed by atoms with Gasteiger partial charge in [-0.25, -0.2) is 0 Å². The van der Waals surface area contributed by atoms with Crippen molar-refractivity contribution < 1.29 is 13.6 Å². The molecule has 0 heterocycles. The standard InChI is InChI=1S/C28H44O3Si/c1-4-5-6-7-8-9-16-23-30-32(27-17-12-10-13-18-27,28-19-14-11-15-20-28)31-25-22-26(2)21-24-29-3/h10-15,17-20,26H,4-9,16,21-25H2,1-3H3. The van der Waals surface area contributed by atoms with E-state index in [4.69, 9.17) is 13.6 Å². The zero-order valence-corrected chi connectivity index (χ0v) is 21.6. The summed E-state index contributed by atoms with van der Waals surface area (Å²) in [5.74, 6) is 0.566. The maximum atomic E-state index is 6.79. The van der Waals surface area contributed by atoms with Gasteiger partial charge in [0.15, 0.2) is 0 Å². The molecule has 0 aliphatic heterocycles. The Labute approximate surface area is 197 Å². The molecule has 0 saturated heterocycles. The maximum Gasteiger partial charge on any atom is 0.407 e. The van der Waals surface area contributed by atoms with E-state index in [0.717, 1.165) is 32.5 Å². The molecule has 2 aromatic rings. The highest BCUT2D eigenvalue weighted by molar-refractivity contribution is 6.92. The van der Waals surface area contributed by atoms with Crippen molar-refractivity contribution in [2.45, 2.75) is 71.6 Å². The minimum atomic E-state index is -2.76. The second kappa shape index (κ2) is 16.2. The lowest BCUT2D eigenvalue weighted by Gasteiger charge is -2.32. The summed E-state index contributed by atoms with van der Waals surface area (Å²) in [6.45, 7) is 6.80. The Morgan fingerprint density at radius 3 is 1.72 bits per heavy atom. The first kappa shape index (κ1) is 26.8. The summed E-state index contributed by atoms with van der Waals surface area (Å²) < 4.78 is 18.8. The predicted molar refractivity (Wildman–Crippen MR) is 138 cm³/mol. The van der Waals surface area contributed by atoms with Gasteiger partial charge in [-0.15, -0.1) is 0 Å². The van der Waals surface area contributed by atoms with E-state index in [1.807, 2.05) is 0 Å². The monoisotopic (exact) mass is 456 g/mol. The van der Waals surface area contributed by atoms with Crippen molar-refractivity contribution in [1.29, 1.82) is 0 Å². The van der Waals surface area contributed by atoms with E-state index in [-0.39, 0.29) is 0 Å². The molecule has 2 rings (SSSR count). The lowest BCUT2D eigenvalue weighted by Crippen LogP contribution is -2.63. The van der Waals surface area contributed by atoms with Crippen molar-refractivity contribution >= 4 is 18.9 Å². The van der Waals surface area contributed by atoms with Crippen LogP contribution in [0.15, 0.2) is 60.7 Å². The Kier molecular flexibility index (Phi) is 13.6. The van der Waals surface area contributed by atoms with Gasteiger partial charge < -0.3 is 13.6 Å². The van der Waals surface area contributed by atoms with Crippen LogP contribution in [0.1, 0.15) is 71.6 Å². The Bertz CT molecular complexity index is 653. The Hall–Kier alpha value is -1.46. The summed E-state index contributed by atoms with van der Waals surface area (Å²) in [5, 5.41) is 2.39. The Balaban J connectivity index is 2.08. The van der Waals surface area contributed by atoms with Crippen LogP contribution in [0.25, 0.3) is 0 Å². The smallest absolute Gasteiger partial charge is 0.388 e. The summed E-state index contributed by atoms with van der Waals surface area (Å²) in [4.78, 5) is 0. The molecule has 32 heavy (non-hydrogen) atoms. The van der Waals surface area contributed by atoms with Crippen molar-refractivity contribution in [3.05, 3.63) is 60.7 Å².